The fourth-order valence-electron chi connectivity index (χ4n) is 1.45. The topological polar surface area (TPSA) is 29.3 Å². The molecule has 0 aliphatic carbocycles. The third kappa shape index (κ3) is 3.18. The molecule has 2 heteroatoms. The summed E-state index contributed by atoms with van der Waals surface area (Å²) >= 11 is 0. The molecule has 1 rings (SSSR count). The maximum Gasteiger partial charge on any atom is 0.0128 e. The van der Waals surface area contributed by atoms with Crippen molar-refractivity contribution in [3.63, 3.8) is 0 Å². The van der Waals surface area contributed by atoms with Gasteiger partial charge in [-0.1, -0.05) is 25.7 Å². The van der Waals surface area contributed by atoms with E-state index in [1.54, 1.807) is 0 Å². The van der Waals surface area contributed by atoms with Crippen LogP contribution in [0.1, 0.15) is 38.5 Å². The molecule has 1 aliphatic rings. The van der Waals surface area contributed by atoms with Crippen LogP contribution in [0.5, 0.6) is 0 Å². The highest BCUT2D eigenvalue weighted by atomic mass is 15.4. The summed E-state index contributed by atoms with van der Waals surface area (Å²) in [6.45, 7) is 2.19. The summed E-state index contributed by atoms with van der Waals surface area (Å²) in [6, 6.07) is 0. The number of nitrogens with two attached hydrogens (primary N) is 1. The summed E-state index contributed by atoms with van der Waals surface area (Å²) in [4.78, 5) is 0. The number of hydrogen-bond acceptors (Lipinski definition) is 2. The van der Waals surface area contributed by atoms with Gasteiger partial charge in [-0.2, -0.15) is 0 Å². The maximum absolute atomic E-state index is 5.71. The number of hydrazine groups is 1. The fraction of sp³-hybridized carbons (Fsp3) is 1.00. The van der Waals surface area contributed by atoms with E-state index in [9.17, 15) is 0 Å². The second kappa shape index (κ2) is 4.69. The molecule has 2 nitrogen and oxygen atoms in total. The summed E-state index contributed by atoms with van der Waals surface area (Å²) in [5.41, 5.74) is 0. The van der Waals surface area contributed by atoms with E-state index < -0.39 is 0 Å². The Labute approximate surface area is 63.4 Å². The van der Waals surface area contributed by atoms with Gasteiger partial charge in [0.25, 0.3) is 0 Å². The van der Waals surface area contributed by atoms with Gasteiger partial charge in [0.1, 0.15) is 0 Å². The van der Waals surface area contributed by atoms with Gasteiger partial charge in [-0.3, -0.25) is 5.84 Å². The Morgan fingerprint density at radius 3 is 1.60 bits per heavy atom. The average molecular weight is 142 g/mol. The predicted octanol–water partition coefficient (Wildman–Crippen LogP) is 1.52. The zero-order chi connectivity index (χ0) is 7.23. The molecule has 0 spiro atoms. The van der Waals surface area contributed by atoms with Crippen molar-refractivity contribution in [1.82, 2.24) is 5.01 Å². The second-order valence-corrected chi connectivity index (χ2v) is 3.16. The van der Waals surface area contributed by atoms with Crippen molar-refractivity contribution in [1.29, 1.82) is 0 Å². The van der Waals surface area contributed by atoms with Crippen LogP contribution in [-0.4, -0.2) is 18.1 Å². The predicted molar refractivity (Wildman–Crippen MR) is 43.5 cm³/mol. The van der Waals surface area contributed by atoms with Crippen LogP contribution in [0, 0.1) is 0 Å². The van der Waals surface area contributed by atoms with Gasteiger partial charge in [0, 0.05) is 13.1 Å². The van der Waals surface area contributed by atoms with Crippen LogP contribution in [-0.2, 0) is 0 Å². The Morgan fingerprint density at radius 1 is 0.700 bits per heavy atom. The van der Waals surface area contributed by atoms with Crippen molar-refractivity contribution in [3.05, 3.63) is 0 Å². The lowest BCUT2D eigenvalue weighted by Crippen LogP contribution is -2.32. The first-order valence-electron chi connectivity index (χ1n) is 4.39. The first-order valence-corrected chi connectivity index (χ1v) is 4.39. The van der Waals surface area contributed by atoms with E-state index in [1.165, 1.54) is 38.5 Å². The van der Waals surface area contributed by atoms with Crippen molar-refractivity contribution in [3.8, 4) is 0 Å². The van der Waals surface area contributed by atoms with E-state index in [0.29, 0.717) is 0 Å². The van der Waals surface area contributed by atoms with Crippen molar-refractivity contribution in [2.75, 3.05) is 13.1 Å². The summed E-state index contributed by atoms with van der Waals surface area (Å²) < 4.78 is 0. The van der Waals surface area contributed by atoms with Crippen LogP contribution in [0.15, 0.2) is 0 Å². The molecule has 1 aliphatic heterocycles. The summed E-state index contributed by atoms with van der Waals surface area (Å²) in [5, 5.41) is 1.96. The first kappa shape index (κ1) is 8.02. The molecule has 0 unspecified atom stereocenters. The number of nitrogens with zero attached hydrogens (tertiary/aromatic N) is 1. The van der Waals surface area contributed by atoms with Crippen LogP contribution in [0.25, 0.3) is 0 Å². The molecule has 0 radical (unpaired) electrons. The quantitative estimate of drug-likeness (QED) is 0.519. The molecule has 0 amide bonds. The van der Waals surface area contributed by atoms with Gasteiger partial charge in [-0.15, -0.1) is 0 Å². The second-order valence-electron chi connectivity index (χ2n) is 3.16. The number of rotatable bonds is 0. The highest BCUT2D eigenvalue weighted by Gasteiger charge is 2.01. The SMILES string of the molecule is NN1CCCCCCCC1. The van der Waals surface area contributed by atoms with Crippen molar-refractivity contribution in [2.45, 2.75) is 38.5 Å². The Balaban J connectivity index is 2.15. The lowest BCUT2D eigenvalue weighted by Gasteiger charge is -2.13. The van der Waals surface area contributed by atoms with Crippen LogP contribution in [0.2, 0.25) is 0 Å². The Bertz CT molecular complexity index is 73.3. The van der Waals surface area contributed by atoms with Gasteiger partial charge in [-0.05, 0) is 12.8 Å². The third-order valence-electron chi connectivity index (χ3n) is 2.14. The average Bonchev–Trinajstić information content (AvgIpc) is 2.02. The lowest BCUT2D eigenvalue weighted by molar-refractivity contribution is 0.278. The first-order chi connectivity index (χ1) is 4.89. The van der Waals surface area contributed by atoms with Crippen LogP contribution in [0.3, 0.4) is 0 Å². The molecule has 0 aromatic heterocycles. The number of hydrogen-bond donors (Lipinski definition) is 1. The molecule has 0 aromatic rings. The monoisotopic (exact) mass is 142 g/mol. The van der Waals surface area contributed by atoms with Gasteiger partial charge in [0.2, 0.25) is 0 Å². The van der Waals surface area contributed by atoms with Crippen molar-refractivity contribution < 1.29 is 0 Å². The minimum atomic E-state index is 1.10. The molecule has 60 valence electrons. The van der Waals surface area contributed by atoms with Gasteiger partial charge < -0.3 is 0 Å². The Morgan fingerprint density at radius 2 is 1.10 bits per heavy atom. The summed E-state index contributed by atoms with van der Waals surface area (Å²) in [7, 11) is 0. The molecule has 10 heavy (non-hydrogen) atoms. The maximum atomic E-state index is 5.71. The molecule has 0 bridgehead atoms. The molecular weight excluding hydrogens is 124 g/mol. The highest BCUT2D eigenvalue weighted by Crippen LogP contribution is 2.08. The van der Waals surface area contributed by atoms with Gasteiger partial charge in [0.15, 0.2) is 0 Å². The largest absolute Gasteiger partial charge is 0.269 e. The van der Waals surface area contributed by atoms with E-state index >= 15 is 0 Å². The Kier molecular flexibility index (Phi) is 3.76. The highest BCUT2D eigenvalue weighted by molar-refractivity contribution is 4.55. The minimum absolute atomic E-state index is 1.10. The van der Waals surface area contributed by atoms with Crippen molar-refractivity contribution in [2.24, 2.45) is 5.84 Å². The third-order valence-corrected chi connectivity index (χ3v) is 2.14. The standard InChI is InChI=1S/C8H18N2/c9-10-7-5-3-1-2-4-6-8-10/h1-9H2. The molecule has 0 saturated carbocycles. The zero-order valence-electron chi connectivity index (χ0n) is 6.68. The van der Waals surface area contributed by atoms with Crippen molar-refractivity contribution >= 4 is 0 Å². The molecule has 0 atom stereocenters. The van der Waals surface area contributed by atoms with E-state index in [0.717, 1.165) is 13.1 Å². The van der Waals surface area contributed by atoms with E-state index in [4.69, 9.17) is 5.84 Å². The smallest absolute Gasteiger partial charge is 0.0128 e. The van der Waals surface area contributed by atoms with E-state index in [2.05, 4.69) is 0 Å². The lowest BCUT2D eigenvalue weighted by atomic mass is 10.1. The normalized spacial score (nSPS) is 24.9. The molecular formula is C8H18N2. The van der Waals surface area contributed by atoms with E-state index in [-0.39, 0.29) is 0 Å². The zero-order valence-corrected chi connectivity index (χ0v) is 6.68. The molecule has 1 saturated heterocycles. The molecule has 1 heterocycles. The fourth-order valence-corrected chi connectivity index (χ4v) is 1.45. The minimum Gasteiger partial charge on any atom is -0.269 e. The van der Waals surface area contributed by atoms with E-state index in [1.807, 2.05) is 5.01 Å². The van der Waals surface area contributed by atoms with Crippen LogP contribution >= 0.6 is 0 Å². The van der Waals surface area contributed by atoms with Crippen LogP contribution < -0.4 is 5.84 Å². The summed E-state index contributed by atoms with van der Waals surface area (Å²) in [5.74, 6) is 5.71. The van der Waals surface area contributed by atoms with Crippen LogP contribution in [0.4, 0.5) is 0 Å². The van der Waals surface area contributed by atoms with Gasteiger partial charge in [0.05, 0.1) is 0 Å². The van der Waals surface area contributed by atoms with Gasteiger partial charge in [-0.25, -0.2) is 5.01 Å². The molecule has 0 aromatic carbocycles. The molecule has 2 N–H and O–H groups in total. The Hall–Kier alpha value is -0.0800. The molecule has 1 fully saturated rings. The summed E-state index contributed by atoms with van der Waals surface area (Å²) in [6.07, 6.45) is 8.14. The van der Waals surface area contributed by atoms with Gasteiger partial charge >= 0.3 is 0 Å².